The lowest BCUT2D eigenvalue weighted by molar-refractivity contribution is -0.165. The smallest absolute Gasteiger partial charge is 0.303 e. The zero-order chi connectivity index (χ0) is 14.6. The molecule has 0 saturated carbocycles. The van der Waals surface area contributed by atoms with E-state index in [4.69, 9.17) is 30.5 Å². The maximum atomic E-state index is 11.1. The molecule has 0 bridgehead atoms. The van der Waals surface area contributed by atoms with Crippen LogP contribution in [0.25, 0.3) is 0 Å². The number of hydrogen-bond acceptors (Lipinski definition) is 7. The average Bonchev–Trinajstić information content (AvgIpc) is 2.53. The number of rotatable bonds is 4. The van der Waals surface area contributed by atoms with Gasteiger partial charge in [-0.15, -0.1) is 0 Å². The minimum Gasteiger partial charge on any atom is -0.463 e. The van der Waals surface area contributed by atoms with Crippen LogP contribution in [0.2, 0.25) is 0 Å². The van der Waals surface area contributed by atoms with Crippen molar-refractivity contribution < 1.29 is 33.3 Å². The van der Waals surface area contributed by atoms with Gasteiger partial charge < -0.3 is 18.9 Å². The highest BCUT2D eigenvalue weighted by atomic mass is 35.5. The van der Waals surface area contributed by atoms with Gasteiger partial charge in [0.05, 0.1) is 0 Å². The fourth-order valence-electron chi connectivity index (χ4n) is 1.66. The van der Waals surface area contributed by atoms with E-state index in [9.17, 15) is 14.4 Å². The zero-order valence-corrected chi connectivity index (χ0v) is 11.5. The molecule has 7 nitrogen and oxygen atoms in total. The first kappa shape index (κ1) is 15.7. The third-order valence-electron chi connectivity index (χ3n) is 2.31. The highest BCUT2D eigenvalue weighted by molar-refractivity contribution is 6.20. The van der Waals surface area contributed by atoms with E-state index < -0.39 is 41.8 Å². The largest absolute Gasteiger partial charge is 0.463 e. The van der Waals surface area contributed by atoms with Gasteiger partial charge in [-0.1, -0.05) is 11.6 Å². The molecule has 0 aliphatic carbocycles. The van der Waals surface area contributed by atoms with E-state index in [1.54, 1.807) is 0 Å². The molecule has 0 aromatic rings. The summed E-state index contributed by atoms with van der Waals surface area (Å²) in [6, 6.07) is 0. The second-order valence-electron chi connectivity index (χ2n) is 3.98. The molecular formula is C11H15ClO7. The van der Waals surface area contributed by atoms with E-state index in [2.05, 4.69) is 0 Å². The summed E-state index contributed by atoms with van der Waals surface area (Å²) in [5.74, 6) is -1.67. The standard InChI is InChI=1S/C11H15ClO7/c1-5(13)16-4-8-9(17-6(2)14)10(11(12)19-8)18-7(3)15/h8-11H,4H2,1-3H3/t8-,9-,10-,11?/m1/s1. The van der Waals surface area contributed by atoms with Crippen molar-refractivity contribution in [2.45, 2.75) is 44.6 Å². The van der Waals surface area contributed by atoms with Crippen LogP contribution in [0, 0.1) is 0 Å². The van der Waals surface area contributed by atoms with Crippen LogP contribution in [0.4, 0.5) is 0 Å². The number of hydrogen-bond donors (Lipinski definition) is 0. The molecule has 0 radical (unpaired) electrons. The van der Waals surface area contributed by atoms with Gasteiger partial charge in [0.1, 0.15) is 12.7 Å². The Morgan fingerprint density at radius 2 is 1.53 bits per heavy atom. The fourth-order valence-corrected chi connectivity index (χ4v) is 1.99. The molecule has 1 saturated heterocycles. The average molecular weight is 295 g/mol. The van der Waals surface area contributed by atoms with Crippen LogP contribution >= 0.6 is 11.6 Å². The minimum atomic E-state index is -0.978. The Bertz CT molecular complexity index is 370. The molecule has 1 fully saturated rings. The molecule has 19 heavy (non-hydrogen) atoms. The predicted molar refractivity (Wildman–Crippen MR) is 62.3 cm³/mol. The predicted octanol–water partition coefficient (Wildman–Crippen LogP) is 0.377. The van der Waals surface area contributed by atoms with Crippen LogP contribution in [0.1, 0.15) is 20.8 Å². The topological polar surface area (TPSA) is 88.1 Å². The molecule has 8 heteroatoms. The number of ether oxygens (including phenoxy) is 4. The van der Waals surface area contributed by atoms with Gasteiger partial charge in [0.25, 0.3) is 0 Å². The summed E-state index contributed by atoms with van der Waals surface area (Å²) in [6.07, 6.45) is -2.63. The summed E-state index contributed by atoms with van der Waals surface area (Å²) in [4.78, 5) is 32.8. The Hall–Kier alpha value is -1.34. The summed E-state index contributed by atoms with van der Waals surface area (Å²) in [6.45, 7) is 3.49. The van der Waals surface area contributed by atoms with Crippen molar-refractivity contribution in [1.82, 2.24) is 0 Å². The Balaban J connectivity index is 2.76. The van der Waals surface area contributed by atoms with Gasteiger partial charge in [-0.25, -0.2) is 0 Å². The van der Waals surface area contributed by atoms with E-state index in [0.717, 1.165) is 0 Å². The summed E-state index contributed by atoms with van der Waals surface area (Å²) >= 11 is 5.88. The van der Waals surface area contributed by atoms with Crippen molar-refractivity contribution in [3.05, 3.63) is 0 Å². The molecule has 0 amide bonds. The van der Waals surface area contributed by atoms with E-state index in [1.807, 2.05) is 0 Å². The number of alkyl halides is 1. The second-order valence-corrected chi connectivity index (χ2v) is 4.41. The second kappa shape index (κ2) is 6.72. The van der Waals surface area contributed by atoms with Gasteiger partial charge in [-0.3, -0.25) is 14.4 Å². The molecule has 0 spiro atoms. The van der Waals surface area contributed by atoms with Gasteiger partial charge in [0.15, 0.2) is 17.8 Å². The van der Waals surface area contributed by atoms with Gasteiger partial charge in [0, 0.05) is 20.8 Å². The van der Waals surface area contributed by atoms with Crippen LogP contribution in [-0.4, -0.2) is 48.4 Å². The molecule has 108 valence electrons. The zero-order valence-electron chi connectivity index (χ0n) is 10.8. The van der Waals surface area contributed by atoms with Gasteiger partial charge >= 0.3 is 17.9 Å². The van der Waals surface area contributed by atoms with E-state index >= 15 is 0 Å². The molecule has 0 aromatic heterocycles. The number of carbonyl (C=O) groups excluding carboxylic acids is 3. The summed E-state index contributed by atoms with van der Waals surface area (Å²) in [7, 11) is 0. The lowest BCUT2D eigenvalue weighted by Gasteiger charge is -2.22. The summed E-state index contributed by atoms with van der Waals surface area (Å²) in [5, 5.41) is 0. The van der Waals surface area contributed by atoms with Gasteiger partial charge in [-0.2, -0.15) is 0 Å². The first-order valence-corrected chi connectivity index (χ1v) is 6.02. The molecule has 1 heterocycles. The van der Waals surface area contributed by atoms with Crippen LogP contribution in [0.3, 0.4) is 0 Å². The van der Waals surface area contributed by atoms with Crippen LogP contribution in [-0.2, 0) is 33.3 Å². The molecule has 1 aliphatic heterocycles. The van der Waals surface area contributed by atoms with Crippen LogP contribution < -0.4 is 0 Å². The Labute approximate surface area is 115 Å². The molecular weight excluding hydrogens is 280 g/mol. The number of halogens is 1. The lowest BCUT2D eigenvalue weighted by atomic mass is 10.1. The van der Waals surface area contributed by atoms with Crippen molar-refractivity contribution in [2.75, 3.05) is 6.61 Å². The van der Waals surface area contributed by atoms with Crippen LogP contribution in [0.15, 0.2) is 0 Å². The summed E-state index contributed by atoms with van der Waals surface area (Å²) < 4.78 is 20.0. The Morgan fingerprint density at radius 3 is 2.00 bits per heavy atom. The maximum absolute atomic E-state index is 11.1. The maximum Gasteiger partial charge on any atom is 0.303 e. The fraction of sp³-hybridized carbons (Fsp3) is 0.727. The minimum absolute atomic E-state index is 0.145. The molecule has 4 atom stereocenters. The first-order valence-electron chi connectivity index (χ1n) is 5.58. The first-order chi connectivity index (χ1) is 8.81. The lowest BCUT2D eigenvalue weighted by Crippen LogP contribution is -2.40. The van der Waals surface area contributed by atoms with Crippen molar-refractivity contribution in [3.63, 3.8) is 0 Å². The third kappa shape index (κ3) is 4.68. The normalized spacial score (nSPS) is 29.7. The van der Waals surface area contributed by atoms with Crippen molar-refractivity contribution in [2.24, 2.45) is 0 Å². The van der Waals surface area contributed by atoms with Crippen LogP contribution in [0.5, 0.6) is 0 Å². The number of esters is 3. The molecule has 1 rings (SSSR count). The highest BCUT2D eigenvalue weighted by Gasteiger charge is 2.48. The quantitative estimate of drug-likeness (QED) is 0.420. The van der Waals surface area contributed by atoms with Crippen molar-refractivity contribution >= 4 is 29.5 Å². The molecule has 0 aromatic carbocycles. The summed E-state index contributed by atoms with van der Waals surface area (Å²) in [5.41, 5.74) is -0.978. The van der Waals surface area contributed by atoms with E-state index in [1.165, 1.54) is 20.8 Å². The van der Waals surface area contributed by atoms with Gasteiger partial charge in [0.2, 0.25) is 0 Å². The van der Waals surface area contributed by atoms with Crippen molar-refractivity contribution in [1.29, 1.82) is 0 Å². The molecule has 1 aliphatic rings. The number of carbonyl (C=O) groups is 3. The van der Waals surface area contributed by atoms with E-state index in [-0.39, 0.29) is 6.61 Å². The SMILES string of the molecule is CC(=O)OC[C@H]1OC(Cl)[C@H](OC(C)=O)[C@@H]1OC(C)=O. The van der Waals surface area contributed by atoms with Crippen molar-refractivity contribution in [3.8, 4) is 0 Å². The molecule has 0 N–H and O–H groups in total. The Morgan fingerprint density at radius 1 is 1.00 bits per heavy atom. The molecule has 1 unspecified atom stereocenters. The Kier molecular flexibility index (Phi) is 5.56. The van der Waals surface area contributed by atoms with E-state index in [0.29, 0.717) is 0 Å². The highest BCUT2D eigenvalue weighted by Crippen LogP contribution is 2.29. The van der Waals surface area contributed by atoms with Gasteiger partial charge in [-0.05, 0) is 0 Å². The monoisotopic (exact) mass is 294 g/mol. The third-order valence-corrected chi connectivity index (χ3v) is 2.66.